The molecule has 0 spiro atoms. The third-order valence-corrected chi connectivity index (χ3v) is 9.18. The van der Waals surface area contributed by atoms with Crippen molar-refractivity contribution in [2.24, 2.45) is 13.0 Å². The van der Waals surface area contributed by atoms with Gasteiger partial charge < -0.3 is 20.1 Å². The first-order chi connectivity index (χ1) is 19.3. The minimum Gasteiger partial charge on any atom is -0.486 e. The first kappa shape index (κ1) is 30.2. The molecule has 2 N–H and O–H groups in total. The van der Waals surface area contributed by atoms with Gasteiger partial charge in [-0.15, -0.1) is 0 Å². The lowest BCUT2D eigenvalue weighted by Crippen LogP contribution is -2.50. The number of hydrogen-bond donors (Lipinski definition) is 2. The van der Waals surface area contributed by atoms with Crippen molar-refractivity contribution in [1.29, 1.82) is 0 Å². The van der Waals surface area contributed by atoms with Crippen LogP contribution in [0.2, 0.25) is 0 Å². The number of ether oxygens (including phenoxy) is 1. The Morgan fingerprint density at radius 2 is 1.90 bits per heavy atom. The fraction of sp³-hybridized carbons (Fsp3) is 0.414. The molecule has 4 rings (SSSR count). The maximum Gasteiger partial charge on any atom is 0.274 e. The normalized spacial score (nSPS) is 18.3. The number of sulfonamides is 1. The second-order valence-electron chi connectivity index (χ2n) is 10.7. The average Bonchev–Trinajstić information content (AvgIpc) is 3.28. The van der Waals surface area contributed by atoms with E-state index in [0.717, 1.165) is 5.56 Å². The predicted molar refractivity (Wildman–Crippen MR) is 154 cm³/mol. The maximum absolute atomic E-state index is 13.7. The van der Waals surface area contributed by atoms with Gasteiger partial charge in [0, 0.05) is 26.6 Å². The zero-order valence-corrected chi connectivity index (χ0v) is 25.0. The predicted octanol–water partition coefficient (Wildman–Crippen LogP) is 2.83. The molecule has 0 saturated carbocycles. The highest BCUT2D eigenvalue weighted by molar-refractivity contribution is 7.89. The highest BCUT2D eigenvalue weighted by atomic mass is 32.2. The van der Waals surface area contributed by atoms with E-state index in [1.807, 2.05) is 13.8 Å². The Labute approximate surface area is 240 Å². The van der Waals surface area contributed by atoms with Crippen LogP contribution in [0.1, 0.15) is 46.0 Å². The number of rotatable bonds is 8. The minimum absolute atomic E-state index is 0.0183. The SMILES string of the molecule is Cc1ccc(S(=O)(=O)N(C)C[C@H]2Oc3c(NC(=O)c4cc(C)nn4C)cccc3C(=O)N([C@H](C)CO)C[C@@H]2C)cc1. The third-order valence-electron chi connectivity index (χ3n) is 7.34. The van der Waals surface area contributed by atoms with E-state index in [4.69, 9.17) is 4.74 Å². The molecular formula is C29H37N5O6S. The number of carbonyl (C=O) groups excluding carboxylic acids is 2. The van der Waals surface area contributed by atoms with Crippen LogP contribution < -0.4 is 10.1 Å². The number of benzene rings is 2. The van der Waals surface area contributed by atoms with E-state index < -0.39 is 28.1 Å². The van der Waals surface area contributed by atoms with Gasteiger partial charge in [0.15, 0.2) is 5.75 Å². The van der Waals surface area contributed by atoms with Crippen LogP contribution in [0.3, 0.4) is 0 Å². The summed E-state index contributed by atoms with van der Waals surface area (Å²) >= 11 is 0. The van der Waals surface area contributed by atoms with Crippen molar-refractivity contribution < 1.29 is 27.9 Å². The summed E-state index contributed by atoms with van der Waals surface area (Å²) in [4.78, 5) is 28.6. The Morgan fingerprint density at radius 3 is 2.51 bits per heavy atom. The Hall–Kier alpha value is -3.74. The average molecular weight is 584 g/mol. The fourth-order valence-electron chi connectivity index (χ4n) is 4.81. The van der Waals surface area contributed by atoms with Crippen LogP contribution >= 0.6 is 0 Å². The minimum atomic E-state index is -3.84. The first-order valence-corrected chi connectivity index (χ1v) is 14.8. The van der Waals surface area contributed by atoms with Crippen LogP contribution in [-0.4, -0.2) is 83.2 Å². The molecule has 220 valence electrons. The number of anilines is 1. The zero-order valence-electron chi connectivity index (χ0n) is 24.2. The summed E-state index contributed by atoms with van der Waals surface area (Å²) < 4.78 is 36.0. The van der Waals surface area contributed by atoms with Crippen molar-refractivity contribution >= 4 is 27.5 Å². The van der Waals surface area contributed by atoms with Crippen molar-refractivity contribution in [2.45, 2.75) is 44.7 Å². The van der Waals surface area contributed by atoms with Gasteiger partial charge >= 0.3 is 0 Å². The van der Waals surface area contributed by atoms with E-state index in [0.29, 0.717) is 11.4 Å². The molecule has 0 aliphatic carbocycles. The zero-order chi connectivity index (χ0) is 30.1. The summed E-state index contributed by atoms with van der Waals surface area (Å²) in [7, 11) is -0.687. The summed E-state index contributed by atoms with van der Waals surface area (Å²) in [5, 5.41) is 17.0. The van der Waals surface area contributed by atoms with Crippen LogP contribution in [0.4, 0.5) is 5.69 Å². The second kappa shape index (κ2) is 12.0. The molecule has 1 aliphatic rings. The molecule has 0 unspecified atom stereocenters. The van der Waals surface area contributed by atoms with E-state index in [1.54, 1.807) is 74.3 Å². The molecule has 1 aliphatic heterocycles. The maximum atomic E-state index is 13.7. The van der Waals surface area contributed by atoms with E-state index in [9.17, 15) is 23.1 Å². The number of fused-ring (bicyclic) bond motifs is 1. The number of hydrogen-bond acceptors (Lipinski definition) is 7. The molecule has 2 heterocycles. The number of carbonyl (C=O) groups is 2. The highest BCUT2D eigenvalue weighted by Gasteiger charge is 2.36. The van der Waals surface area contributed by atoms with Crippen molar-refractivity contribution in [3.63, 3.8) is 0 Å². The molecule has 1 aromatic heterocycles. The molecule has 0 fully saturated rings. The Morgan fingerprint density at radius 1 is 1.22 bits per heavy atom. The molecule has 3 aromatic rings. The van der Waals surface area contributed by atoms with E-state index in [-0.39, 0.29) is 53.4 Å². The molecule has 2 amide bonds. The molecule has 0 bridgehead atoms. The van der Waals surface area contributed by atoms with Gasteiger partial charge in [-0.2, -0.15) is 9.40 Å². The summed E-state index contributed by atoms with van der Waals surface area (Å²) in [6.07, 6.45) is -0.697. The van der Waals surface area contributed by atoms with Crippen LogP contribution in [0.15, 0.2) is 53.4 Å². The number of nitrogens with one attached hydrogen (secondary N) is 1. The molecule has 12 heteroatoms. The second-order valence-corrected chi connectivity index (χ2v) is 12.7. The Kier molecular flexibility index (Phi) is 8.86. The number of para-hydroxylation sites is 1. The van der Waals surface area contributed by atoms with Gasteiger partial charge in [-0.1, -0.05) is 30.7 Å². The molecule has 0 saturated heterocycles. The summed E-state index contributed by atoms with van der Waals surface area (Å²) in [6.45, 7) is 7.23. The molecule has 2 aromatic carbocycles. The molecular weight excluding hydrogens is 546 g/mol. The van der Waals surface area contributed by atoms with Gasteiger partial charge in [-0.25, -0.2) is 8.42 Å². The van der Waals surface area contributed by atoms with Gasteiger partial charge in [-0.05, 0) is 51.1 Å². The Balaban J connectivity index is 1.73. The molecule has 41 heavy (non-hydrogen) atoms. The fourth-order valence-corrected chi connectivity index (χ4v) is 5.99. The van der Waals surface area contributed by atoms with Gasteiger partial charge in [-0.3, -0.25) is 14.3 Å². The number of amides is 2. The quantitative estimate of drug-likeness (QED) is 0.417. The van der Waals surface area contributed by atoms with E-state index in [1.165, 1.54) is 16.0 Å². The highest BCUT2D eigenvalue weighted by Crippen LogP contribution is 2.35. The smallest absolute Gasteiger partial charge is 0.274 e. The van der Waals surface area contributed by atoms with Crippen molar-refractivity contribution in [1.82, 2.24) is 19.0 Å². The number of aliphatic hydroxyl groups is 1. The topological polar surface area (TPSA) is 134 Å². The first-order valence-electron chi connectivity index (χ1n) is 13.4. The lowest BCUT2D eigenvalue weighted by molar-refractivity contribution is 0.0388. The summed E-state index contributed by atoms with van der Waals surface area (Å²) in [6, 6.07) is 12.6. The summed E-state index contributed by atoms with van der Waals surface area (Å²) in [5.41, 5.74) is 2.40. The van der Waals surface area contributed by atoms with Crippen LogP contribution in [0, 0.1) is 19.8 Å². The van der Waals surface area contributed by atoms with Crippen LogP contribution in [0.5, 0.6) is 5.75 Å². The number of likely N-dealkylation sites (N-methyl/N-ethyl adjacent to an activating group) is 1. The van der Waals surface area contributed by atoms with Crippen LogP contribution in [-0.2, 0) is 17.1 Å². The van der Waals surface area contributed by atoms with Crippen molar-refractivity contribution in [2.75, 3.05) is 32.1 Å². The summed E-state index contributed by atoms with van der Waals surface area (Å²) in [5.74, 6) is -0.998. The lowest BCUT2D eigenvalue weighted by atomic mass is 9.99. The molecule has 0 radical (unpaired) electrons. The van der Waals surface area contributed by atoms with Crippen LogP contribution in [0.25, 0.3) is 0 Å². The number of aryl methyl sites for hydroxylation is 3. The van der Waals surface area contributed by atoms with E-state index >= 15 is 0 Å². The largest absolute Gasteiger partial charge is 0.486 e. The van der Waals surface area contributed by atoms with Crippen molar-refractivity contribution in [3.05, 3.63) is 71.0 Å². The van der Waals surface area contributed by atoms with Gasteiger partial charge in [0.1, 0.15) is 11.8 Å². The third kappa shape index (κ3) is 6.29. The lowest BCUT2D eigenvalue weighted by Gasteiger charge is -2.38. The van der Waals surface area contributed by atoms with Crippen molar-refractivity contribution in [3.8, 4) is 5.75 Å². The monoisotopic (exact) mass is 583 g/mol. The van der Waals surface area contributed by atoms with E-state index in [2.05, 4.69) is 10.4 Å². The molecule has 3 atom stereocenters. The van der Waals surface area contributed by atoms with Gasteiger partial charge in [0.25, 0.3) is 11.8 Å². The number of aliphatic hydroxyl groups excluding tert-OH is 1. The number of nitrogens with zero attached hydrogens (tertiary/aromatic N) is 4. The Bertz CT molecular complexity index is 1540. The number of aromatic nitrogens is 2. The van der Waals surface area contributed by atoms with Gasteiger partial charge in [0.05, 0.1) is 41.0 Å². The van der Waals surface area contributed by atoms with Gasteiger partial charge in [0.2, 0.25) is 10.0 Å². The standard InChI is InChI=1S/C29H37N5O6S/c1-18-10-12-22(13-11-18)41(38,39)32(5)16-26-19(2)15-34(21(4)17-35)29(37)23-8-7-9-24(27(23)40-26)30-28(36)25-14-20(3)31-33(25)6/h7-14,19,21,26,35H,15-17H2,1-6H3,(H,30,36)/t19-,21+,26+/m0/s1. The molecule has 11 nitrogen and oxygen atoms in total.